The Morgan fingerprint density at radius 3 is 2.79 bits per heavy atom. The van der Waals surface area contributed by atoms with Gasteiger partial charge in [-0.3, -0.25) is 9.69 Å². The summed E-state index contributed by atoms with van der Waals surface area (Å²) in [5.74, 6) is 0.167. The summed E-state index contributed by atoms with van der Waals surface area (Å²) in [6.07, 6.45) is 2.47. The van der Waals surface area contributed by atoms with Crippen LogP contribution in [0.4, 0.5) is 0 Å². The summed E-state index contributed by atoms with van der Waals surface area (Å²) in [7, 11) is 2.17. The van der Waals surface area contributed by atoms with E-state index >= 15 is 0 Å². The number of amides is 1. The second-order valence-corrected chi connectivity index (χ2v) is 6.36. The van der Waals surface area contributed by atoms with Gasteiger partial charge in [0, 0.05) is 24.0 Å². The van der Waals surface area contributed by atoms with E-state index in [9.17, 15) is 4.79 Å². The summed E-state index contributed by atoms with van der Waals surface area (Å²) in [5, 5.41) is 0. The van der Waals surface area contributed by atoms with E-state index in [0.717, 1.165) is 24.5 Å². The summed E-state index contributed by atoms with van der Waals surface area (Å²) in [4.78, 5) is 18.9. The van der Waals surface area contributed by atoms with E-state index in [-0.39, 0.29) is 5.91 Å². The topological polar surface area (TPSA) is 32.8 Å². The number of morpholine rings is 1. The molecule has 1 amide bonds. The predicted molar refractivity (Wildman–Crippen MR) is 75.6 cm³/mol. The third-order valence-corrected chi connectivity index (χ3v) is 5.16. The van der Waals surface area contributed by atoms with Crippen molar-refractivity contribution in [3.05, 3.63) is 21.9 Å². The average Bonchev–Trinajstić information content (AvgIpc) is 3.07. The quantitative estimate of drug-likeness (QED) is 0.830. The number of ether oxygens (including phenoxy) is 1. The molecule has 0 unspecified atom stereocenters. The molecule has 1 atom stereocenters. The van der Waals surface area contributed by atoms with Crippen LogP contribution in [0, 0.1) is 0 Å². The lowest BCUT2D eigenvalue weighted by atomic mass is 10.2. The number of rotatable bonds is 2. The highest BCUT2D eigenvalue weighted by molar-refractivity contribution is 7.14. The average molecular weight is 280 g/mol. The highest BCUT2D eigenvalue weighted by Gasteiger charge is 2.26. The normalized spacial score (nSPS) is 24.9. The lowest BCUT2D eigenvalue weighted by molar-refractivity contribution is 0.0306. The maximum Gasteiger partial charge on any atom is 0.264 e. The van der Waals surface area contributed by atoms with Gasteiger partial charge in [-0.2, -0.15) is 0 Å². The zero-order valence-corrected chi connectivity index (χ0v) is 12.1. The molecule has 104 valence electrons. The maximum absolute atomic E-state index is 12.4. The van der Waals surface area contributed by atoms with Crippen LogP contribution >= 0.6 is 11.3 Å². The van der Waals surface area contributed by atoms with Crippen LogP contribution in [-0.2, 0) is 4.74 Å². The highest BCUT2D eigenvalue weighted by atomic mass is 32.1. The highest BCUT2D eigenvalue weighted by Crippen LogP contribution is 2.35. The van der Waals surface area contributed by atoms with Crippen LogP contribution in [0.25, 0.3) is 0 Å². The molecule has 0 saturated carbocycles. The Kier molecular flexibility index (Phi) is 3.86. The first-order valence-electron chi connectivity index (χ1n) is 6.93. The predicted octanol–water partition coefficient (Wildman–Crippen LogP) is 1.99. The Hall–Kier alpha value is -0.910. The van der Waals surface area contributed by atoms with Gasteiger partial charge in [-0.05, 0) is 38.6 Å². The van der Waals surface area contributed by atoms with E-state index in [1.165, 1.54) is 17.7 Å². The van der Waals surface area contributed by atoms with Crippen molar-refractivity contribution in [2.24, 2.45) is 0 Å². The number of nitrogens with zero attached hydrogens (tertiary/aromatic N) is 2. The number of likely N-dealkylation sites (tertiary alicyclic amines) is 1. The van der Waals surface area contributed by atoms with Crippen LogP contribution in [0.2, 0.25) is 0 Å². The number of thiophene rings is 1. The van der Waals surface area contributed by atoms with E-state index in [2.05, 4.69) is 18.0 Å². The molecule has 0 N–H and O–H groups in total. The monoisotopic (exact) mass is 280 g/mol. The minimum absolute atomic E-state index is 0.167. The summed E-state index contributed by atoms with van der Waals surface area (Å²) in [5.41, 5.74) is 0. The maximum atomic E-state index is 12.4. The summed E-state index contributed by atoms with van der Waals surface area (Å²) < 4.78 is 5.29. The Labute approximate surface area is 118 Å². The van der Waals surface area contributed by atoms with Crippen molar-refractivity contribution in [3.63, 3.8) is 0 Å². The van der Waals surface area contributed by atoms with Crippen molar-refractivity contribution in [1.82, 2.24) is 9.80 Å². The van der Waals surface area contributed by atoms with Gasteiger partial charge in [-0.15, -0.1) is 11.3 Å². The van der Waals surface area contributed by atoms with E-state index in [1.54, 1.807) is 11.3 Å². The van der Waals surface area contributed by atoms with Crippen molar-refractivity contribution >= 4 is 17.2 Å². The fourth-order valence-corrected chi connectivity index (χ4v) is 4.02. The molecule has 4 nitrogen and oxygen atoms in total. The molecule has 0 radical (unpaired) electrons. The SMILES string of the molecule is CN1CCC[C@H]1c1ccc(C(=O)N2CCOCC2)s1. The molecule has 2 aliphatic heterocycles. The Balaban J connectivity index is 1.71. The largest absolute Gasteiger partial charge is 0.378 e. The van der Waals surface area contributed by atoms with Crippen LogP contribution < -0.4 is 0 Å². The number of hydrogen-bond acceptors (Lipinski definition) is 4. The third kappa shape index (κ3) is 2.68. The first-order valence-corrected chi connectivity index (χ1v) is 7.74. The van der Waals surface area contributed by atoms with Crippen molar-refractivity contribution in [1.29, 1.82) is 0 Å². The van der Waals surface area contributed by atoms with E-state index in [4.69, 9.17) is 4.74 Å². The minimum Gasteiger partial charge on any atom is -0.378 e. The van der Waals surface area contributed by atoms with Crippen LogP contribution in [0.15, 0.2) is 12.1 Å². The molecule has 1 aromatic rings. The van der Waals surface area contributed by atoms with Gasteiger partial charge in [0.25, 0.3) is 5.91 Å². The van der Waals surface area contributed by atoms with Crippen LogP contribution in [0.3, 0.4) is 0 Å². The van der Waals surface area contributed by atoms with Gasteiger partial charge in [0.05, 0.1) is 18.1 Å². The van der Waals surface area contributed by atoms with Crippen LogP contribution in [-0.4, -0.2) is 55.6 Å². The molecule has 0 spiro atoms. The molecule has 0 aliphatic carbocycles. The Morgan fingerprint density at radius 1 is 1.32 bits per heavy atom. The third-order valence-electron chi connectivity index (χ3n) is 3.98. The van der Waals surface area contributed by atoms with E-state index in [0.29, 0.717) is 19.3 Å². The minimum atomic E-state index is 0.167. The van der Waals surface area contributed by atoms with Gasteiger partial charge in [-0.1, -0.05) is 0 Å². The molecular formula is C14H20N2O2S. The van der Waals surface area contributed by atoms with Gasteiger partial charge in [0.15, 0.2) is 0 Å². The van der Waals surface area contributed by atoms with Crippen molar-refractivity contribution < 1.29 is 9.53 Å². The molecule has 19 heavy (non-hydrogen) atoms. The van der Waals surface area contributed by atoms with E-state index < -0.39 is 0 Å². The molecule has 2 aliphatic rings. The van der Waals surface area contributed by atoms with Gasteiger partial charge in [0.2, 0.25) is 0 Å². The Bertz CT molecular complexity index is 454. The standard InChI is InChI=1S/C14H20N2O2S/c1-15-6-2-3-11(15)12-4-5-13(19-12)14(17)16-7-9-18-10-8-16/h4-5,11H,2-3,6-10H2,1H3/t11-/m0/s1. The molecule has 3 heterocycles. The number of carbonyl (C=O) groups excluding carboxylic acids is 1. The lowest BCUT2D eigenvalue weighted by Gasteiger charge is -2.26. The second-order valence-electron chi connectivity index (χ2n) is 5.25. The summed E-state index contributed by atoms with van der Waals surface area (Å²) in [6, 6.07) is 4.63. The molecule has 1 aromatic heterocycles. The fraction of sp³-hybridized carbons (Fsp3) is 0.643. The molecular weight excluding hydrogens is 260 g/mol. The molecule has 3 rings (SSSR count). The van der Waals surface area contributed by atoms with Crippen molar-refractivity contribution in [2.45, 2.75) is 18.9 Å². The smallest absolute Gasteiger partial charge is 0.264 e. The van der Waals surface area contributed by atoms with Gasteiger partial charge in [-0.25, -0.2) is 0 Å². The number of hydrogen-bond donors (Lipinski definition) is 0. The van der Waals surface area contributed by atoms with Gasteiger partial charge < -0.3 is 9.64 Å². The zero-order valence-electron chi connectivity index (χ0n) is 11.3. The first-order chi connectivity index (χ1) is 9.25. The van der Waals surface area contributed by atoms with Gasteiger partial charge >= 0.3 is 0 Å². The lowest BCUT2D eigenvalue weighted by Crippen LogP contribution is -2.40. The first kappa shape index (κ1) is 13.1. The number of carbonyl (C=O) groups is 1. The second kappa shape index (κ2) is 5.61. The van der Waals surface area contributed by atoms with E-state index in [1.807, 2.05) is 11.0 Å². The van der Waals surface area contributed by atoms with Crippen LogP contribution in [0.5, 0.6) is 0 Å². The molecule has 0 bridgehead atoms. The van der Waals surface area contributed by atoms with Crippen LogP contribution in [0.1, 0.15) is 33.4 Å². The molecule has 0 aromatic carbocycles. The van der Waals surface area contributed by atoms with Crippen molar-refractivity contribution in [2.75, 3.05) is 39.9 Å². The van der Waals surface area contributed by atoms with Gasteiger partial charge in [0.1, 0.15) is 0 Å². The zero-order chi connectivity index (χ0) is 13.2. The fourth-order valence-electron chi connectivity index (χ4n) is 2.84. The Morgan fingerprint density at radius 2 is 2.11 bits per heavy atom. The molecule has 2 fully saturated rings. The summed E-state index contributed by atoms with van der Waals surface area (Å²) >= 11 is 1.66. The molecule has 5 heteroatoms. The van der Waals surface area contributed by atoms with Crippen molar-refractivity contribution in [3.8, 4) is 0 Å². The molecule has 2 saturated heterocycles. The summed E-state index contributed by atoms with van der Waals surface area (Å²) in [6.45, 7) is 3.92.